The zero-order chi connectivity index (χ0) is 65.0. The Kier molecular flexibility index (Phi) is 59.9. The Labute approximate surface area is 537 Å². The van der Waals surface area contributed by atoms with Crippen molar-refractivity contribution >= 4 is 39.5 Å². The van der Waals surface area contributed by atoms with Crippen LogP contribution in [0.1, 0.15) is 350 Å². The van der Waals surface area contributed by atoms with Crippen LogP contribution in [0.3, 0.4) is 0 Å². The van der Waals surface area contributed by atoms with Gasteiger partial charge in [-0.2, -0.15) is 0 Å². The van der Waals surface area contributed by atoms with E-state index in [9.17, 15) is 43.2 Å². The molecule has 0 fully saturated rings. The van der Waals surface area contributed by atoms with Crippen molar-refractivity contribution in [3.63, 3.8) is 0 Å². The maximum atomic E-state index is 13.0. The first-order chi connectivity index (χ1) is 42.4. The lowest BCUT2D eigenvalue weighted by Gasteiger charge is -2.21. The van der Waals surface area contributed by atoms with Crippen LogP contribution in [0.25, 0.3) is 0 Å². The van der Waals surface area contributed by atoms with Gasteiger partial charge in [0.2, 0.25) is 0 Å². The summed E-state index contributed by atoms with van der Waals surface area (Å²) in [5, 5.41) is 10.6. The molecule has 3 N–H and O–H groups in total. The van der Waals surface area contributed by atoms with E-state index in [1.54, 1.807) is 0 Å². The second-order valence-corrected chi connectivity index (χ2v) is 28.5. The molecule has 0 spiro atoms. The van der Waals surface area contributed by atoms with E-state index in [4.69, 9.17) is 37.0 Å². The molecule has 0 amide bonds. The average molecular weight is 1300 g/mol. The summed E-state index contributed by atoms with van der Waals surface area (Å²) in [6.45, 7) is 9.52. The summed E-state index contributed by atoms with van der Waals surface area (Å²) >= 11 is 0. The van der Waals surface area contributed by atoms with Crippen LogP contribution in [-0.4, -0.2) is 96.7 Å². The minimum Gasteiger partial charge on any atom is -0.462 e. The largest absolute Gasteiger partial charge is 0.472 e. The van der Waals surface area contributed by atoms with E-state index in [0.29, 0.717) is 25.7 Å². The van der Waals surface area contributed by atoms with Crippen molar-refractivity contribution in [2.24, 2.45) is 11.8 Å². The van der Waals surface area contributed by atoms with Gasteiger partial charge in [-0.05, 0) is 37.5 Å². The molecule has 88 heavy (non-hydrogen) atoms. The van der Waals surface area contributed by atoms with Crippen molar-refractivity contribution in [2.75, 3.05) is 39.6 Å². The Morgan fingerprint density at radius 1 is 0.330 bits per heavy atom. The first-order valence-corrected chi connectivity index (χ1v) is 39.0. The van der Waals surface area contributed by atoms with Crippen molar-refractivity contribution in [1.29, 1.82) is 0 Å². The molecule has 0 saturated carbocycles. The standard InChI is InChI=1S/C69H134O17P2/c1-7-10-12-14-16-18-20-22-26-33-39-45-51-66(71)79-57-64(85-68(73)53-47-41-35-27-23-21-19-17-15-13-11-8-2)59-83-87(75,76)81-55-63(70)56-82-88(77,78)84-60-65(86-69(74)54-48-42-36-28-24-25-31-37-43-49-61(4)5)58-80-67(72)52-46-40-34-30-29-32-38-44-50-62(6)9-3/h61-65,70H,7-60H2,1-6H3,(H,75,76)(H,77,78)/t62?,63-,64+,65+/m0/s1. The van der Waals surface area contributed by atoms with E-state index in [0.717, 1.165) is 102 Å². The number of hydrogen-bond acceptors (Lipinski definition) is 15. The highest BCUT2D eigenvalue weighted by atomic mass is 31.2. The Morgan fingerprint density at radius 3 is 0.864 bits per heavy atom. The van der Waals surface area contributed by atoms with Crippen molar-refractivity contribution in [3.8, 4) is 0 Å². The molecule has 0 aliphatic rings. The van der Waals surface area contributed by atoms with Crippen molar-refractivity contribution in [2.45, 2.75) is 368 Å². The Balaban J connectivity index is 5.26. The van der Waals surface area contributed by atoms with Crippen LogP contribution < -0.4 is 0 Å². The predicted molar refractivity (Wildman–Crippen MR) is 354 cm³/mol. The van der Waals surface area contributed by atoms with Gasteiger partial charge in [0.25, 0.3) is 0 Å². The summed E-state index contributed by atoms with van der Waals surface area (Å²) in [4.78, 5) is 72.5. The third-order valence-corrected chi connectivity index (χ3v) is 18.2. The van der Waals surface area contributed by atoms with Crippen LogP contribution in [-0.2, 0) is 65.4 Å². The fourth-order valence-electron chi connectivity index (χ4n) is 10.4. The van der Waals surface area contributed by atoms with Crippen molar-refractivity contribution < 1.29 is 80.2 Å². The normalized spacial score (nSPS) is 14.5. The number of hydrogen-bond donors (Lipinski definition) is 3. The fourth-order valence-corrected chi connectivity index (χ4v) is 12.0. The number of aliphatic hydroxyl groups is 1. The molecule has 0 aromatic rings. The zero-order valence-corrected chi connectivity index (χ0v) is 58.8. The maximum absolute atomic E-state index is 13.0. The van der Waals surface area contributed by atoms with Gasteiger partial charge >= 0.3 is 39.5 Å². The second-order valence-electron chi connectivity index (χ2n) is 25.6. The number of carbonyl (C=O) groups is 4. The highest BCUT2D eigenvalue weighted by molar-refractivity contribution is 7.47. The topological polar surface area (TPSA) is 237 Å². The van der Waals surface area contributed by atoms with Crippen molar-refractivity contribution in [3.05, 3.63) is 0 Å². The van der Waals surface area contributed by atoms with E-state index < -0.39 is 97.5 Å². The quantitative estimate of drug-likeness (QED) is 0.0222. The van der Waals surface area contributed by atoms with E-state index in [1.165, 1.54) is 167 Å². The summed E-state index contributed by atoms with van der Waals surface area (Å²) in [5.41, 5.74) is 0. The lowest BCUT2D eigenvalue weighted by molar-refractivity contribution is -0.161. The molecule has 0 aliphatic carbocycles. The van der Waals surface area contributed by atoms with Crippen LogP contribution in [0.4, 0.5) is 0 Å². The van der Waals surface area contributed by atoms with Crippen LogP contribution in [0.15, 0.2) is 0 Å². The lowest BCUT2D eigenvalue weighted by Crippen LogP contribution is -2.30. The molecular weight excluding hydrogens is 1160 g/mol. The van der Waals surface area contributed by atoms with Gasteiger partial charge in [-0.25, -0.2) is 9.13 Å². The maximum Gasteiger partial charge on any atom is 0.472 e. The summed E-state index contributed by atoms with van der Waals surface area (Å²) in [6.07, 6.45) is 45.6. The van der Waals surface area contributed by atoms with Crippen LogP contribution >= 0.6 is 15.6 Å². The Hall–Kier alpha value is -1.94. The monoisotopic (exact) mass is 1300 g/mol. The van der Waals surface area contributed by atoms with Gasteiger partial charge in [-0.1, -0.05) is 298 Å². The molecule has 19 heteroatoms. The van der Waals surface area contributed by atoms with Gasteiger partial charge in [0.05, 0.1) is 26.4 Å². The van der Waals surface area contributed by atoms with Crippen molar-refractivity contribution in [1.82, 2.24) is 0 Å². The third kappa shape index (κ3) is 61.6. The molecule has 522 valence electrons. The average Bonchev–Trinajstić information content (AvgIpc) is 3.71. The smallest absolute Gasteiger partial charge is 0.462 e. The van der Waals surface area contributed by atoms with Gasteiger partial charge in [-0.15, -0.1) is 0 Å². The molecule has 17 nitrogen and oxygen atoms in total. The van der Waals surface area contributed by atoms with E-state index in [1.807, 2.05) is 0 Å². The molecule has 6 atom stereocenters. The van der Waals surface area contributed by atoms with Gasteiger partial charge in [0.15, 0.2) is 12.2 Å². The Bertz CT molecular complexity index is 1720. The molecule has 0 aliphatic heterocycles. The molecule has 0 rings (SSSR count). The molecule has 0 heterocycles. The number of esters is 4. The Morgan fingerprint density at radius 2 is 0.580 bits per heavy atom. The predicted octanol–water partition coefficient (Wildman–Crippen LogP) is 19.6. The zero-order valence-electron chi connectivity index (χ0n) is 57.0. The van der Waals surface area contributed by atoms with Crippen LogP contribution in [0.2, 0.25) is 0 Å². The van der Waals surface area contributed by atoms with Gasteiger partial charge < -0.3 is 33.8 Å². The van der Waals surface area contributed by atoms with Gasteiger partial charge in [-0.3, -0.25) is 37.3 Å². The molecule has 0 bridgehead atoms. The molecule has 0 aromatic heterocycles. The molecule has 0 aromatic carbocycles. The highest BCUT2D eigenvalue weighted by Gasteiger charge is 2.30. The number of phosphoric acid groups is 2. The lowest BCUT2D eigenvalue weighted by atomic mass is 9.99. The summed E-state index contributed by atoms with van der Waals surface area (Å²) < 4.78 is 68.3. The van der Waals surface area contributed by atoms with Gasteiger partial charge in [0, 0.05) is 25.7 Å². The number of carbonyl (C=O) groups excluding carboxylic acids is 4. The number of phosphoric ester groups is 2. The second kappa shape index (κ2) is 61.3. The minimum atomic E-state index is -4.95. The van der Waals surface area contributed by atoms with Crippen LogP contribution in [0.5, 0.6) is 0 Å². The number of aliphatic hydroxyl groups excluding tert-OH is 1. The number of unbranched alkanes of at least 4 members (excludes halogenated alkanes) is 37. The van der Waals surface area contributed by atoms with E-state index >= 15 is 0 Å². The summed E-state index contributed by atoms with van der Waals surface area (Å²) in [7, 11) is -9.90. The van der Waals surface area contributed by atoms with E-state index in [2.05, 4.69) is 41.5 Å². The number of ether oxygens (including phenoxy) is 4. The van der Waals surface area contributed by atoms with Crippen LogP contribution in [0, 0.1) is 11.8 Å². The summed E-state index contributed by atoms with van der Waals surface area (Å²) in [6, 6.07) is 0. The highest BCUT2D eigenvalue weighted by Crippen LogP contribution is 2.45. The molecule has 0 saturated heterocycles. The van der Waals surface area contributed by atoms with Gasteiger partial charge in [0.1, 0.15) is 19.3 Å². The first-order valence-electron chi connectivity index (χ1n) is 36.0. The molecule has 3 unspecified atom stereocenters. The van der Waals surface area contributed by atoms with E-state index in [-0.39, 0.29) is 25.7 Å². The SMILES string of the molecule is CCCCCCCCCCCCCCC(=O)OC[C@H](COP(=O)(O)OC[C@H](O)COP(=O)(O)OC[C@@H](COC(=O)CCCCCCCCCCC(C)CC)OC(=O)CCCCCCCCCCCC(C)C)OC(=O)CCCCCCCCCCCCCC. The molecular formula is C69H134O17P2. The molecule has 0 radical (unpaired) electrons. The first kappa shape index (κ1) is 86.1. The minimum absolute atomic E-state index is 0.105. The summed E-state index contributed by atoms with van der Waals surface area (Å²) in [5.74, 6) is -0.610. The fraction of sp³-hybridized carbons (Fsp3) is 0.942. The third-order valence-electron chi connectivity index (χ3n) is 16.3. The number of rotatable bonds is 68.